The summed E-state index contributed by atoms with van der Waals surface area (Å²) < 4.78 is 1.64. The van der Waals surface area contributed by atoms with Gasteiger partial charge >= 0.3 is 0 Å². The van der Waals surface area contributed by atoms with Crippen LogP contribution in [-0.2, 0) is 0 Å². The van der Waals surface area contributed by atoms with Gasteiger partial charge in [-0.2, -0.15) is 5.21 Å². The highest BCUT2D eigenvalue weighted by atomic mass is 32.1. The summed E-state index contributed by atoms with van der Waals surface area (Å²) >= 11 is 4.86. The van der Waals surface area contributed by atoms with Crippen molar-refractivity contribution in [2.45, 2.75) is 0 Å². The largest absolute Gasteiger partial charge is 0.504 e. The molecule has 14 heavy (non-hydrogen) atoms. The highest BCUT2D eigenvalue weighted by Gasteiger charge is 2.03. The van der Waals surface area contributed by atoms with Gasteiger partial charge in [0.25, 0.3) is 0 Å². The van der Waals surface area contributed by atoms with E-state index in [9.17, 15) is 5.11 Å². The molecule has 0 saturated heterocycles. The first kappa shape index (κ1) is 8.70. The average molecular weight is 210 g/mol. The monoisotopic (exact) mass is 210 g/mol. The molecule has 1 aromatic heterocycles. The third kappa shape index (κ3) is 1.33. The molecule has 0 atom stereocenters. The maximum Gasteiger partial charge on any atom is 0.242 e. The minimum Gasteiger partial charge on any atom is -0.504 e. The van der Waals surface area contributed by atoms with Crippen LogP contribution in [-0.4, -0.2) is 30.4 Å². The lowest BCUT2D eigenvalue weighted by Crippen LogP contribution is -1.96. The molecule has 3 N–H and O–H groups in total. The molecule has 7 heteroatoms. The number of nitrogens with zero attached hydrogens (tertiary/aromatic N) is 3. The first-order chi connectivity index (χ1) is 6.68. The number of phenolic OH excluding ortho intramolecular Hbond substituents is 2. The van der Waals surface area contributed by atoms with Crippen LogP contribution >= 0.6 is 12.2 Å². The Morgan fingerprint density at radius 3 is 2.64 bits per heavy atom. The summed E-state index contributed by atoms with van der Waals surface area (Å²) in [4.78, 5) is 0. The van der Waals surface area contributed by atoms with E-state index in [1.54, 1.807) is 6.07 Å². The third-order valence-corrected chi connectivity index (χ3v) is 1.95. The number of tetrazole rings is 1. The van der Waals surface area contributed by atoms with Crippen LogP contribution in [0.4, 0.5) is 0 Å². The molecule has 2 rings (SSSR count). The van der Waals surface area contributed by atoms with Gasteiger partial charge in [0.05, 0.1) is 5.69 Å². The number of hydrogen-bond donors (Lipinski definition) is 3. The number of nitrogens with one attached hydrogen (secondary N) is 1. The normalized spacial score (nSPS) is 10.3. The Morgan fingerprint density at radius 1 is 1.29 bits per heavy atom. The Kier molecular flexibility index (Phi) is 1.93. The van der Waals surface area contributed by atoms with E-state index in [4.69, 9.17) is 17.3 Å². The van der Waals surface area contributed by atoms with E-state index in [1.165, 1.54) is 16.8 Å². The van der Waals surface area contributed by atoms with Gasteiger partial charge in [-0.3, -0.25) is 0 Å². The Bertz CT molecular complexity index is 518. The van der Waals surface area contributed by atoms with Crippen LogP contribution in [0.2, 0.25) is 0 Å². The second-order valence-electron chi connectivity index (χ2n) is 2.59. The van der Waals surface area contributed by atoms with Crippen molar-refractivity contribution in [2.24, 2.45) is 0 Å². The second kappa shape index (κ2) is 3.11. The molecule has 0 aliphatic rings. The zero-order chi connectivity index (χ0) is 10.1. The van der Waals surface area contributed by atoms with Crippen molar-refractivity contribution in [2.75, 3.05) is 0 Å². The number of hydrogen-bond acceptors (Lipinski definition) is 5. The van der Waals surface area contributed by atoms with Gasteiger partial charge in [-0.25, -0.2) is 4.68 Å². The lowest BCUT2D eigenvalue weighted by Gasteiger charge is -2.02. The molecule has 72 valence electrons. The SMILES string of the molecule is Oc1ccc(-n2[nH]nnc2=S)cc1O. The fourth-order valence-corrected chi connectivity index (χ4v) is 1.20. The van der Waals surface area contributed by atoms with Gasteiger partial charge in [-0.1, -0.05) is 10.3 Å². The number of phenols is 2. The van der Waals surface area contributed by atoms with E-state index in [1.807, 2.05) is 0 Å². The number of H-pyrrole nitrogens is 1. The maximum absolute atomic E-state index is 9.24. The highest BCUT2D eigenvalue weighted by Crippen LogP contribution is 2.26. The van der Waals surface area contributed by atoms with Crippen molar-refractivity contribution in [1.82, 2.24) is 20.2 Å². The zero-order valence-corrected chi connectivity index (χ0v) is 7.69. The third-order valence-electron chi connectivity index (χ3n) is 1.69. The molecule has 0 radical (unpaired) electrons. The maximum atomic E-state index is 9.24. The molecular weight excluding hydrogens is 204 g/mol. The molecule has 0 bridgehead atoms. The van der Waals surface area contributed by atoms with Crippen molar-refractivity contribution in [3.05, 3.63) is 23.0 Å². The number of benzene rings is 1. The van der Waals surface area contributed by atoms with Crippen molar-refractivity contribution in [1.29, 1.82) is 0 Å². The molecule has 0 saturated carbocycles. The highest BCUT2D eigenvalue weighted by molar-refractivity contribution is 7.71. The summed E-state index contributed by atoms with van der Waals surface area (Å²) in [6.45, 7) is 0. The van der Waals surface area contributed by atoms with E-state index in [0.29, 0.717) is 5.69 Å². The van der Waals surface area contributed by atoms with Crippen LogP contribution < -0.4 is 0 Å². The number of aromatic hydroxyl groups is 2. The number of aromatic nitrogens is 4. The summed E-state index contributed by atoms with van der Waals surface area (Å²) in [5.41, 5.74) is 0.551. The van der Waals surface area contributed by atoms with Gasteiger partial charge in [0.15, 0.2) is 11.5 Å². The van der Waals surface area contributed by atoms with Gasteiger partial charge in [0, 0.05) is 6.07 Å². The smallest absolute Gasteiger partial charge is 0.242 e. The number of rotatable bonds is 1. The standard InChI is InChI=1S/C7H6N4O2S/c12-5-2-1-4(3-6(5)13)11-7(14)8-9-10-11/h1-3,12-13H,(H,8,10,14). The molecule has 0 aliphatic carbocycles. The molecule has 0 fully saturated rings. The quantitative estimate of drug-likeness (QED) is 0.477. The van der Waals surface area contributed by atoms with Crippen molar-refractivity contribution in [3.63, 3.8) is 0 Å². The van der Waals surface area contributed by atoms with Gasteiger partial charge in [-0.15, -0.1) is 0 Å². The summed E-state index contributed by atoms with van der Waals surface area (Å²) in [5, 5.41) is 27.9. The number of aromatic amines is 1. The lowest BCUT2D eigenvalue weighted by molar-refractivity contribution is 0.403. The van der Waals surface area contributed by atoms with Crippen LogP contribution in [0.5, 0.6) is 11.5 Å². The molecule has 2 aromatic rings. The molecule has 0 aliphatic heterocycles. The van der Waals surface area contributed by atoms with Gasteiger partial charge in [0.2, 0.25) is 4.77 Å². The molecular formula is C7H6N4O2S. The van der Waals surface area contributed by atoms with Gasteiger partial charge < -0.3 is 10.2 Å². The summed E-state index contributed by atoms with van der Waals surface area (Å²) in [6.07, 6.45) is 0. The fourth-order valence-electron chi connectivity index (χ4n) is 1.02. The molecule has 1 aromatic carbocycles. The van der Waals surface area contributed by atoms with Gasteiger partial charge in [-0.05, 0) is 24.4 Å². The van der Waals surface area contributed by atoms with Crippen LogP contribution in [0.1, 0.15) is 0 Å². The Balaban J connectivity index is 2.59. The summed E-state index contributed by atoms with van der Waals surface area (Å²) in [5.74, 6) is -0.410. The van der Waals surface area contributed by atoms with E-state index < -0.39 is 0 Å². The molecule has 0 amide bonds. The zero-order valence-electron chi connectivity index (χ0n) is 6.88. The van der Waals surface area contributed by atoms with E-state index >= 15 is 0 Å². The molecule has 1 heterocycles. The first-order valence-electron chi connectivity index (χ1n) is 3.71. The Hall–Kier alpha value is -1.89. The molecule has 0 unspecified atom stereocenters. The van der Waals surface area contributed by atoms with Crippen molar-refractivity contribution < 1.29 is 10.2 Å². The predicted octanol–water partition coefficient (Wildman–Crippen LogP) is 0.736. The van der Waals surface area contributed by atoms with Crippen LogP contribution in [0, 0.1) is 4.77 Å². The lowest BCUT2D eigenvalue weighted by atomic mass is 10.3. The van der Waals surface area contributed by atoms with E-state index in [0.717, 1.165) is 0 Å². The van der Waals surface area contributed by atoms with Crippen LogP contribution in [0.3, 0.4) is 0 Å². The minimum absolute atomic E-state index is 0.187. The van der Waals surface area contributed by atoms with E-state index in [-0.39, 0.29) is 16.3 Å². The van der Waals surface area contributed by atoms with E-state index in [2.05, 4.69) is 15.5 Å². The van der Waals surface area contributed by atoms with Crippen LogP contribution in [0.15, 0.2) is 18.2 Å². The minimum atomic E-state index is -0.223. The first-order valence-corrected chi connectivity index (χ1v) is 4.12. The summed E-state index contributed by atoms with van der Waals surface area (Å²) in [7, 11) is 0. The summed E-state index contributed by atoms with van der Waals surface area (Å²) in [6, 6.07) is 4.28. The predicted molar refractivity (Wildman–Crippen MR) is 49.9 cm³/mol. The molecule has 0 spiro atoms. The van der Waals surface area contributed by atoms with Gasteiger partial charge in [0.1, 0.15) is 0 Å². The Labute approximate surface area is 83.4 Å². The van der Waals surface area contributed by atoms with Crippen LogP contribution in [0.25, 0.3) is 5.69 Å². The van der Waals surface area contributed by atoms with Crippen molar-refractivity contribution >= 4 is 12.2 Å². The Morgan fingerprint density at radius 2 is 2.07 bits per heavy atom. The van der Waals surface area contributed by atoms with Crippen molar-refractivity contribution in [3.8, 4) is 17.2 Å². The second-order valence-corrected chi connectivity index (χ2v) is 2.96. The topological polar surface area (TPSA) is 87.0 Å². The average Bonchev–Trinajstić information content (AvgIpc) is 2.57. The molecule has 6 nitrogen and oxygen atoms in total. The fraction of sp³-hybridized carbons (Fsp3) is 0.